The summed E-state index contributed by atoms with van der Waals surface area (Å²) >= 11 is 1.34. The molecule has 2 aromatic carbocycles. The van der Waals surface area contributed by atoms with Gasteiger partial charge < -0.3 is 25.4 Å². The van der Waals surface area contributed by atoms with Crippen LogP contribution in [0.1, 0.15) is 84.6 Å². The standard InChI is InChI=1S/C33H42F3N3O3S/c1-22-30(43-32(38-22)25-8-11-26(12-9-25)33(34,35)36)31(41)37-16-4-5-17-39-18-14-24(15-19-39)28-13-10-23-6-2-3-7-27(23)29(28)42-21-20-40/h8-13,24,32,38,40H,2-7,14-21H2,1H3,(H,37,41). The maximum Gasteiger partial charge on any atom is 0.416 e. The number of nitrogens with one attached hydrogen (secondary N) is 2. The van der Waals surface area contributed by atoms with Crippen LogP contribution in [0.15, 0.2) is 47.0 Å². The Morgan fingerprint density at radius 1 is 1.09 bits per heavy atom. The molecule has 2 aromatic rings. The van der Waals surface area contributed by atoms with Crippen LogP contribution in [0, 0.1) is 0 Å². The highest BCUT2D eigenvalue weighted by molar-refractivity contribution is 8.04. The normalized spacial score (nSPS) is 19.7. The van der Waals surface area contributed by atoms with Crippen LogP contribution in [0.5, 0.6) is 5.75 Å². The Bertz CT molecular complexity index is 1290. The summed E-state index contributed by atoms with van der Waals surface area (Å²) in [6.45, 7) is 5.83. The molecule has 1 amide bonds. The number of alkyl halides is 3. The lowest BCUT2D eigenvalue weighted by Gasteiger charge is -2.34. The smallest absolute Gasteiger partial charge is 0.416 e. The van der Waals surface area contributed by atoms with Crippen molar-refractivity contribution in [3.05, 3.63) is 74.8 Å². The highest BCUT2D eigenvalue weighted by atomic mass is 32.2. The van der Waals surface area contributed by atoms with E-state index in [4.69, 9.17) is 4.74 Å². The number of ether oxygens (including phenoxy) is 1. The predicted octanol–water partition coefficient (Wildman–Crippen LogP) is 6.30. The fourth-order valence-electron chi connectivity index (χ4n) is 6.38. The van der Waals surface area contributed by atoms with Crippen molar-refractivity contribution in [1.82, 2.24) is 15.5 Å². The van der Waals surface area contributed by atoms with Gasteiger partial charge in [-0.05, 0) is 118 Å². The van der Waals surface area contributed by atoms with Crippen LogP contribution in [0.4, 0.5) is 13.2 Å². The summed E-state index contributed by atoms with van der Waals surface area (Å²) in [5.74, 6) is 1.36. The number of piperidine rings is 1. The lowest BCUT2D eigenvalue weighted by Crippen LogP contribution is -2.34. The van der Waals surface area contributed by atoms with Gasteiger partial charge in [0, 0.05) is 12.2 Å². The number of hydrogen-bond acceptors (Lipinski definition) is 6. The molecule has 2 heterocycles. The highest BCUT2D eigenvalue weighted by Crippen LogP contribution is 2.42. The molecule has 10 heteroatoms. The van der Waals surface area contributed by atoms with Crippen LogP contribution in [0.3, 0.4) is 0 Å². The van der Waals surface area contributed by atoms with Crippen molar-refractivity contribution in [3.8, 4) is 5.75 Å². The number of amides is 1. The summed E-state index contributed by atoms with van der Waals surface area (Å²) in [5.41, 5.74) is 4.82. The van der Waals surface area contributed by atoms with E-state index in [1.54, 1.807) is 0 Å². The second kappa shape index (κ2) is 14.4. The molecule has 5 rings (SSSR count). The molecule has 1 saturated heterocycles. The van der Waals surface area contributed by atoms with E-state index < -0.39 is 11.7 Å². The van der Waals surface area contributed by atoms with Gasteiger partial charge in [-0.2, -0.15) is 13.2 Å². The van der Waals surface area contributed by atoms with E-state index >= 15 is 0 Å². The zero-order valence-corrected chi connectivity index (χ0v) is 25.6. The fraction of sp³-hybridized carbons (Fsp3) is 0.545. The number of halogens is 3. The van der Waals surface area contributed by atoms with E-state index in [0.29, 0.717) is 29.5 Å². The van der Waals surface area contributed by atoms with Crippen LogP contribution in [-0.2, 0) is 23.8 Å². The Balaban J connectivity index is 1.03. The van der Waals surface area contributed by atoms with E-state index in [2.05, 4.69) is 27.7 Å². The molecule has 1 unspecified atom stereocenters. The summed E-state index contributed by atoms with van der Waals surface area (Å²) < 4.78 is 44.8. The van der Waals surface area contributed by atoms with E-state index in [-0.39, 0.29) is 17.9 Å². The van der Waals surface area contributed by atoms with Crippen LogP contribution in [0.2, 0.25) is 0 Å². The second-order valence-electron chi connectivity index (χ2n) is 11.7. The molecule has 234 valence electrons. The molecule has 2 aliphatic heterocycles. The maximum absolute atomic E-state index is 12.9. The molecule has 0 radical (unpaired) electrons. The lowest BCUT2D eigenvalue weighted by molar-refractivity contribution is -0.137. The molecule has 1 atom stereocenters. The minimum absolute atomic E-state index is 0.0260. The van der Waals surface area contributed by atoms with Gasteiger partial charge in [-0.1, -0.05) is 36.0 Å². The van der Waals surface area contributed by atoms with E-state index in [1.807, 2.05) is 6.92 Å². The molecular formula is C33H42F3N3O3S. The zero-order valence-electron chi connectivity index (χ0n) is 24.8. The molecule has 1 aliphatic carbocycles. The number of aliphatic hydroxyl groups excluding tert-OH is 1. The first kappa shape index (κ1) is 31.7. The fourth-order valence-corrected chi connectivity index (χ4v) is 7.56. The number of rotatable bonds is 11. The van der Waals surface area contributed by atoms with Gasteiger partial charge in [-0.15, -0.1) is 0 Å². The van der Waals surface area contributed by atoms with Gasteiger partial charge in [0.25, 0.3) is 5.91 Å². The number of hydrogen-bond donors (Lipinski definition) is 3. The molecule has 0 spiro atoms. The molecule has 0 bridgehead atoms. The Labute approximate surface area is 256 Å². The van der Waals surface area contributed by atoms with E-state index in [0.717, 1.165) is 81.7 Å². The predicted molar refractivity (Wildman–Crippen MR) is 164 cm³/mol. The number of aryl methyl sites for hydroxylation is 1. The first-order chi connectivity index (χ1) is 20.7. The van der Waals surface area contributed by atoms with Crippen LogP contribution in [-0.4, -0.2) is 55.3 Å². The van der Waals surface area contributed by atoms with Gasteiger partial charge in [0.05, 0.1) is 17.1 Å². The Kier molecular flexibility index (Phi) is 10.6. The molecular weight excluding hydrogens is 575 g/mol. The van der Waals surface area contributed by atoms with Crippen molar-refractivity contribution in [2.24, 2.45) is 0 Å². The van der Waals surface area contributed by atoms with Crippen LogP contribution >= 0.6 is 11.8 Å². The third-order valence-electron chi connectivity index (χ3n) is 8.73. The summed E-state index contributed by atoms with van der Waals surface area (Å²) in [4.78, 5) is 15.9. The second-order valence-corrected chi connectivity index (χ2v) is 12.8. The molecule has 0 saturated carbocycles. The summed E-state index contributed by atoms with van der Waals surface area (Å²) in [6, 6.07) is 9.63. The number of unbranched alkanes of at least 4 members (excludes halogenated alkanes) is 1. The average molecular weight is 618 g/mol. The van der Waals surface area contributed by atoms with E-state index in [1.165, 1.54) is 53.4 Å². The molecule has 1 fully saturated rings. The van der Waals surface area contributed by atoms with Gasteiger partial charge in [0.15, 0.2) is 0 Å². The maximum atomic E-state index is 12.9. The molecule has 43 heavy (non-hydrogen) atoms. The first-order valence-corrected chi connectivity index (χ1v) is 16.3. The van der Waals surface area contributed by atoms with Crippen LogP contribution < -0.4 is 15.4 Å². The largest absolute Gasteiger partial charge is 0.491 e. The Morgan fingerprint density at radius 3 is 2.56 bits per heavy atom. The average Bonchev–Trinajstić information content (AvgIpc) is 3.41. The van der Waals surface area contributed by atoms with Crippen molar-refractivity contribution >= 4 is 17.7 Å². The first-order valence-electron chi connectivity index (χ1n) is 15.4. The topological polar surface area (TPSA) is 73.8 Å². The summed E-state index contributed by atoms with van der Waals surface area (Å²) in [5, 5.41) is 15.3. The SMILES string of the molecule is CC1=C(C(=O)NCCCCN2CCC(c3ccc4c(c3OCCO)CCCC4)CC2)SC(c2ccc(C(F)(F)F)cc2)N1. The number of carbonyl (C=O) groups is 1. The molecule has 3 aliphatic rings. The summed E-state index contributed by atoms with van der Waals surface area (Å²) in [6.07, 6.45) is 4.27. The molecule has 3 N–H and O–H groups in total. The third kappa shape index (κ3) is 7.88. The van der Waals surface area contributed by atoms with E-state index in [9.17, 15) is 23.1 Å². The van der Waals surface area contributed by atoms with Crippen molar-refractivity contribution in [1.29, 1.82) is 0 Å². The highest BCUT2D eigenvalue weighted by Gasteiger charge is 2.32. The summed E-state index contributed by atoms with van der Waals surface area (Å²) in [7, 11) is 0. The third-order valence-corrected chi connectivity index (χ3v) is 10.1. The van der Waals surface area contributed by atoms with Crippen molar-refractivity contribution < 1.29 is 27.8 Å². The number of benzene rings is 2. The lowest BCUT2D eigenvalue weighted by atomic mass is 9.83. The number of nitrogens with zero attached hydrogens (tertiary/aromatic N) is 1. The van der Waals surface area contributed by atoms with Crippen molar-refractivity contribution in [2.75, 3.05) is 39.4 Å². The van der Waals surface area contributed by atoms with Gasteiger partial charge in [0.2, 0.25) is 0 Å². The minimum Gasteiger partial charge on any atom is -0.491 e. The molecule has 0 aromatic heterocycles. The number of aliphatic hydroxyl groups is 1. The van der Waals surface area contributed by atoms with Gasteiger partial charge in [-0.25, -0.2) is 0 Å². The molecule has 6 nitrogen and oxygen atoms in total. The number of thioether (sulfide) groups is 1. The minimum atomic E-state index is -4.37. The Morgan fingerprint density at radius 2 is 1.84 bits per heavy atom. The van der Waals surface area contributed by atoms with Crippen molar-refractivity contribution in [3.63, 3.8) is 0 Å². The number of fused-ring (bicyclic) bond motifs is 1. The zero-order chi connectivity index (χ0) is 30.4. The quantitative estimate of drug-likeness (QED) is 0.257. The number of allylic oxidation sites excluding steroid dienone is 1. The number of likely N-dealkylation sites (tertiary alicyclic amines) is 1. The van der Waals surface area contributed by atoms with Gasteiger partial charge in [-0.3, -0.25) is 4.79 Å². The van der Waals surface area contributed by atoms with Gasteiger partial charge >= 0.3 is 6.18 Å². The number of carbonyl (C=O) groups excluding carboxylic acids is 1. The van der Waals surface area contributed by atoms with Crippen LogP contribution in [0.25, 0.3) is 0 Å². The van der Waals surface area contributed by atoms with Gasteiger partial charge in [0.1, 0.15) is 17.7 Å². The Hall–Kier alpha value is -2.69. The van der Waals surface area contributed by atoms with Crippen molar-refractivity contribution in [2.45, 2.75) is 75.8 Å². The monoisotopic (exact) mass is 617 g/mol.